The maximum absolute atomic E-state index is 12.3. The Bertz CT molecular complexity index is 525. The van der Waals surface area contributed by atoms with Gasteiger partial charge in [-0.3, -0.25) is 4.90 Å². The average molecular weight is 260 g/mol. The van der Waals surface area contributed by atoms with E-state index in [2.05, 4.69) is 0 Å². The fourth-order valence-corrected chi connectivity index (χ4v) is 2.08. The molecule has 0 aliphatic carbocycles. The van der Waals surface area contributed by atoms with E-state index in [0.29, 0.717) is 18.8 Å². The summed E-state index contributed by atoms with van der Waals surface area (Å²) in [4.78, 5) is 26.5. The van der Waals surface area contributed by atoms with Crippen molar-refractivity contribution in [3.8, 4) is 0 Å². The van der Waals surface area contributed by atoms with Crippen LogP contribution in [-0.2, 0) is 0 Å². The highest BCUT2D eigenvalue weighted by Crippen LogP contribution is 2.20. The van der Waals surface area contributed by atoms with Gasteiger partial charge in [0.2, 0.25) is 0 Å². The molecule has 5 nitrogen and oxygen atoms in total. The highest BCUT2D eigenvalue weighted by atomic mass is 16.4. The predicted octanol–water partition coefficient (Wildman–Crippen LogP) is 2.20. The second-order valence-electron chi connectivity index (χ2n) is 4.37. The van der Waals surface area contributed by atoms with Gasteiger partial charge in [-0.15, -0.1) is 0 Å². The molecular weight excluding hydrogens is 244 g/mol. The van der Waals surface area contributed by atoms with Gasteiger partial charge in [0, 0.05) is 20.1 Å². The third kappa shape index (κ3) is 2.76. The Labute approximate surface area is 111 Å². The van der Waals surface area contributed by atoms with E-state index >= 15 is 0 Å². The molecule has 0 fully saturated rings. The van der Waals surface area contributed by atoms with Crippen LogP contribution in [0.1, 0.15) is 16.8 Å². The lowest BCUT2D eigenvalue weighted by Gasteiger charge is -2.29. The number of carbonyl (C=O) groups excluding carboxylic acids is 1. The van der Waals surface area contributed by atoms with Crippen LogP contribution in [0.4, 0.5) is 10.5 Å². The number of anilines is 1. The summed E-state index contributed by atoms with van der Waals surface area (Å²) in [7, 11) is 1.60. The van der Waals surface area contributed by atoms with Gasteiger partial charge < -0.3 is 10.0 Å². The van der Waals surface area contributed by atoms with E-state index in [0.717, 1.165) is 6.42 Å². The Morgan fingerprint density at radius 3 is 2.63 bits per heavy atom. The van der Waals surface area contributed by atoms with Gasteiger partial charge in [-0.2, -0.15) is 0 Å². The van der Waals surface area contributed by atoms with Crippen LogP contribution in [-0.4, -0.2) is 42.1 Å². The van der Waals surface area contributed by atoms with Gasteiger partial charge in [0.05, 0.1) is 11.3 Å². The van der Waals surface area contributed by atoms with E-state index in [-0.39, 0.29) is 11.6 Å². The lowest BCUT2D eigenvalue weighted by molar-refractivity contribution is 0.0697. The van der Waals surface area contributed by atoms with Crippen LogP contribution >= 0.6 is 0 Å². The first-order chi connectivity index (χ1) is 9.11. The first-order valence-corrected chi connectivity index (χ1v) is 6.11. The SMILES string of the molecule is CN(C(=O)N1CC=CCC1)c1ccccc1C(=O)O. The summed E-state index contributed by atoms with van der Waals surface area (Å²) in [5.41, 5.74) is 0.542. The van der Waals surface area contributed by atoms with Gasteiger partial charge in [-0.25, -0.2) is 9.59 Å². The molecule has 1 N–H and O–H groups in total. The van der Waals surface area contributed by atoms with Crippen LogP contribution in [0.5, 0.6) is 0 Å². The fraction of sp³-hybridized carbons (Fsp3) is 0.286. The Hall–Kier alpha value is -2.30. The largest absolute Gasteiger partial charge is 0.478 e. The number of hydrogen-bond acceptors (Lipinski definition) is 2. The van der Waals surface area contributed by atoms with Crippen molar-refractivity contribution in [1.29, 1.82) is 0 Å². The number of amides is 2. The first kappa shape index (κ1) is 13.1. The number of nitrogens with zero attached hydrogens (tertiary/aromatic N) is 2. The van der Waals surface area contributed by atoms with Gasteiger partial charge in [0.15, 0.2) is 0 Å². The molecule has 0 saturated carbocycles. The molecule has 19 heavy (non-hydrogen) atoms. The molecule has 100 valence electrons. The lowest BCUT2D eigenvalue weighted by Crippen LogP contribution is -2.43. The van der Waals surface area contributed by atoms with Crippen LogP contribution in [0.2, 0.25) is 0 Å². The van der Waals surface area contributed by atoms with E-state index in [1.54, 1.807) is 30.1 Å². The minimum atomic E-state index is -1.03. The Kier molecular flexibility index (Phi) is 3.85. The molecule has 0 radical (unpaired) electrons. The zero-order valence-corrected chi connectivity index (χ0v) is 10.7. The minimum absolute atomic E-state index is 0.130. The van der Waals surface area contributed by atoms with Crippen molar-refractivity contribution in [3.05, 3.63) is 42.0 Å². The Morgan fingerprint density at radius 2 is 2.00 bits per heavy atom. The van der Waals surface area contributed by atoms with Crippen LogP contribution in [0.25, 0.3) is 0 Å². The summed E-state index contributed by atoms with van der Waals surface area (Å²) < 4.78 is 0. The summed E-state index contributed by atoms with van der Waals surface area (Å²) in [6.45, 7) is 1.23. The Balaban J connectivity index is 2.23. The molecule has 1 aromatic rings. The monoisotopic (exact) mass is 260 g/mol. The molecule has 0 atom stereocenters. The molecule has 0 saturated heterocycles. The molecule has 0 aromatic heterocycles. The van der Waals surface area contributed by atoms with E-state index in [1.165, 1.54) is 11.0 Å². The van der Waals surface area contributed by atoms with E-state index < -0.39 is 5.97 Å². The maximum Gasteiger partial charge on any atom is 0.337 e. The molecule has 0 unspecified atom stereocenters. The Morgan fingerprint density at radius 1 is 1.26 bits per heavy atom. The molecule has 1 aliphatic rings. The van der Waals surface area contributed by atoms with Crippen LogP contribution in [0.3, 0.4) is 0 Å². The molecule has 5 heteroatoms. The van der Waals surface area contributed by atoms with Crippen molar-refractivity contribution < 1.29 is 14.7 Å². The second kappa shape index (κ2) is 5.56. The summed E-state index contributed by atoms with van der Waals surface area (Å²) in [5, 5.41) is 9.14. The lowest BCUT2D eigenvalue weighted by atomic mass is 10.1. The van der Waals surface area contributed by atoms with Crippen LogP contribution in [0, 0.1) is 0 Å². The highest BCUT2D eigenvalue weighted by Gasteiger charge is 2.22. The van der Waals surface area contributed by atoms with Crippen molar-refractivity contribution in [3.63, 3.8) is 0 Å². The summed E-state index contributed by atoms with van der Waals surface area (Å²) in [5.74, 6) is -1.03. The minimum Gasteiger partial charge on any atom is -0.478 e. The topological polar surface area (TPSA) is 60.9 Å². The van der Waals surface area contributed by atoms with Gasteiger partial charge in [-0.05, 0) is 18.6 Å². The smallest absolute Gasteiger partial charge is 0.337 e. The number of carboxylic acid groups (broad SMARTS) is 1. The van der Waals surface area contributed by atoms with E-state index in [9.17, 15) is 9.59 Å². The van der Waals surface area contributed by atoms with Crippen molar-refractivity contribution in [1.82, 2.24) is 4.90 Å². The number of urea groups is 1. The number of rotatable bonds is 2. The maximum atomic E-state index is 12.3. The normalized spacial score (nSPS) is 14.3. The number of hydrogen-bond donors (Lipinski definition) is 1. The van der Waals surface area contributed by atoms with Gasteiger partial charge in [-0.1, -0.05) is 24.3 Å². The number of para-hydroxylation sites is 1. The standard InChI is InChI=1S/C14H16N2O3/c1-15(14(19)16-9-5-2-6-10-16)12-8-4-3-7-11(12)13(17)18/h2-5,7-8H,6,9-10H2,1H3,(H,17,18). The van der Waals surface area contributed by atoms with Gasteiger partial charge in [0.25, 0.3) is 0 Å². The highest BCUT2D eigenvalue weighted by molar-refractivity contribution is 6.01. The molecule has 2 rings (SSSR count). The number of benzene rings is 1. The van der Waals surface area contributed by atoms with E-state index in [4.69, 9.17) is 5.11 Å². The quantitative estimate of drug-likeness (QED) is 0.829. The molecule has 1 heterocycles. The summed E-state index contributed by atoms with van der Waals surface area (Å²) in [6, 6.07) is 6.33. The van der Waals surface area contributed by atoms with Crippen LogP contribution < -0.4 is 4.90 Å². The zero-order chi connectivity index (χ0) is 13.8. The van der Waals surface area contributed by atoms with Crippen molar-refractivity contribution in [2.45, 2.75) is 6.42 Å². The van der Waals surface area contributed by atoms with Gasteiger partial charge in [0.1, 0.15) is 0 Å². The van der Waals surface area contributed by atoms with Crippen molar-refractivity contribution in [2.75, 3.05) is 25.0 Å². The third-order valence-corrected chi connectivity index (χ3v) is 3.11. The molecule has 1 aromatic carbocycles. The number of aromatic carboxylic acids is 1. The molecule has 0 spiro atoms. The zero-order valence-electron chi connectivity index (χ0n) is 10.7. The summed E-state index contributed by atoms with van der Waals surface area (Å²) in [6.07, 6.45) is 4.81. The number of carboxylic acids is 1. The molecule has 0 bridgehead atoms. The third-order valence-electron chi connectivity index (χ3n) is 3.11. The summed E-state index contributed by atoms with van der Waals surface area (Å²) >= 11 is 0. The average Bonchev–Trinajstić information content (AvgIpc) is 2.46. The second-order valence-corrected chi connectivity index (χ2v) is 4.37. The molecule has 1 aliphatic heterocycles. The van der Waals surface area contributed by atoms with Crippen molar-refractivity contribution in [2.24, 2.45) is 0 Å². The van der Waals surface area contributed by atoms with Crippen molar-refractivity contribution >= 4 is 17.7 Å². The number of carbonyl (C=O) groups is 2. The molecular formula is C14H16N2O3. The van der Waals surface area contributed by atoms with E-state index in [1.807, 2.05) is 12.2 Å². The van der Waals surface area contributed by atoms with Gasteiger partial charge >= 0.3 is 12.0 Å². The first-order valence-electron chi connectivity index (χ1n) is 6.11. The predicted molar refractivity (Wildman–Crippen MR) is 72.5 cm³/mol. The molecule has 2 amide bonds. The fourth-order valence-electron chi connectivity index (χ4n) is 2.08. The van der Waals surface area contributed by atoms with Crippen LogP contribution in [0.15, 0.2) is 36.4 Å².